The second-order valence-corrected chi connectivity index (χ2v) is 4.99. The molecule has 0 bridgehead atoms. The summed E-state index contributed by atoms with van der Waals surface area (Å²) >= 11 is 0. The molecule has 1 aliphatic rings. The van der Waals surface area contributed by atoms with Crippen molar-refractivity contribution in [1.82, 2.24) is 5.32 Å². The summed E-state index contributed by atoms with van der Waals surface area (Å²) in [5.74, 6) is -1.17. The molecule has 1 amide bonds. The molecule has 0 saturated carbocycles. The van der Waals surface area contributed by atoms with Crippen LogP contribution in [0.1, 0.15) is 34.1 Å². The predicted octanol–water partition coefficient (Wildman–Crippen LogP) is 0.137. The van der Waals surface area contributed by atoms with E-state index in [1.807, 2.05) is 0 Å². The maximum atomic E-state index is 11.3. The van der Waals surface area contributed by atoms with E-state index in [-0.39, 0.29) is 12.5 Å². The van der Waals surface area contributed by atoms with Crippen LogP contribution in [0.3, 0.4) is 0 Å². The molecule has 1 fully saturated rings. The fourth-order valence-corrected chi connectivity index (χ4v) is 2.26. The number of ether oxygens (including phenoxy) is 4. The standard InChI is InChI=1S/C14H23NO7/c1-5-19-14-11(15-8(2)16)6-12(21-10(4)18)13(22-14)7-20-9(3)17/h11-14H,5-7H2,1-4H3,(H,15,16)/t11?,12-,13?,14-/m1/s1. The number of carbonyl (C=O) groups is 3. The van der Waals surface area contributed by atoms with Crippen molar-refractivity contribution in [2.45, 2.75) is 58.7 Å². The van der Waals surface area contributed by atoms with Crippen LogP contribution in [0.5, 0.6) is 0 Å². The van der Waals surface area contributed by atoms with Crippen molar-refractivity contribution in [2.75, 3.05) is 13.2 Å². The zero-order valence-electron chi connectivity index (χ0n) is 13.3. The molecule has 1 heterocycles. The van der Waals surface area contributed by atoms with Gasteiger partial charge in [-0.15, -0.1) is 0 Å². The summed E-state index contributed by atoms with van der Waals surface area (Å²) in [6.45, 7) is 6.08. The molecule has 1 rings (SSSR count). The summed E-state index contributed by atoms with van der Waals surface area (Å²) in [7, 11) is 0. The highest BCUT2D eigenvalue weighted by molar-refractivity contribution is 5.73. The smallest absolute Gasteiger partial charge is 0.302 e. The van der Waals surface area contributed by atoms with Gasteiger partial charge >= 0.3 is 11.9 Å². The third-order valence-corrected chi connectivity index (χ3v) is 3.03. The van der Waals surface area contributed by atoms with Gasteiger partial charge in [0.1, 0.15) is 18.8 Å². The highest BCUT2D eigenvalue weighted by Crippen LogP contribution is 2.24. The fourth-order valence-electron chi connectivity index (χ4n) is 2.26. The van der Waals surface area contributed by atoms with Crippen molar-refractivity contribution in [3.63, 3.8) is 0 Å². The summed E-state index contributed by atoms with van der Waals surface area (Å²) in [5, 5.41) is 2.72. The highest BCUT2D eigenvalue weighted by atomic mass is 16.7. The van der Waals surface area contributed by atoms with Gasteiger partial charge in [0, 0.05) is 33.8 Å². The van der Waals surface area contributed by atoms with Crippen LogP contribution in [0.25, 0.3) is 0 Å². The zero-order chi connectivity index (χ0) is 16.7. The molecule has 2 unspecified atom stereocenters. The van der Waals surface area contributed by atoms with E-state index < -0.39 is 36.5 Å². The minimum atomic E-state index is -0.693. The van der Waals surface area contributed by atoms with E-state index in [1.54, 1.807) is 6.92 Å². The maximum Gasteiger partial charge on any atom is 0.302 e. The lowest BCUT2D eigenvalue weighted by Gasteiger charge is -2.40. The highest BCUT2D eigenvalue weighted by Gasteiger charge is 2.41. The van der Waals surface area contributed by atoms with E-state index in [9.17, 15) is 14.4 Å². The zero-order valence-corrected chi connectivity index (χ0v) is 13.3. The molecule has 1 aliphatic heterocycles. The lowest BCUT2D eigenvalue weighted by Crippen LogP contribution is -2.57. The first-order chi connectivity index (χ1) is 10.3. The average molecular weight is 317 g/mol. The van der Waals surface area contributed by atoms with Gasteiger partial charge < -0.3 is 24.3 Å². The van der Waals surface area contributed by atoms with Crippen LogP contribution in [0, 0.1) is 0 Å². The van der Waals surface area contributed by atoms with Crippen molar-refractivity contribution in [3.05, 3.63) is 0 Å². The lowest BCUT2D eigenvalue weighted by atomic mass is 10.00. The molecule has 0 spiro atoms. The van der Waals surface area contributed by atoms with Crippen molar-refractivity contribution in [3.8, 4) is 0 Å². The van der Waals surface area contributed by atoms with Crippen LogP contribution in [-0.4, -0.2) is 55.6 Å². The fraction of sp³-hybridized carbons (Fsp3) is 0.786. The molecule has 8 nitrogen and oxygen atoms in total. The third-order valence-electron chi connectivity index (χ3n) is 3.03. The van der Waals surface area contributed by atoms with E-state index in [0.29, 0.717) is 13.0 Å². The Hall–Kier alpha value is -1.67. The van der Waals surface area contributed by atoms with Crippen molar-refractivity contribution < 1.29 is 33.3 Å². The number of hydrogen-bond acceptors (Lipinski definition) is 7. The van der Waals surface area contributed by atoms with Gasteiger partial charge in [0.25, 0.3) is 0 Å². The van der Waals surface area contributed by atoms with E-state index in [0.717, 1.165) is 0 Å². The quantitative estimate of drug-likeness (QED) is 0.695. The number of rotatable bonds is 6. The monoisotopic (exact) mass is 317 g/mol. The van der Waals surface area contributed by atoms with Crippen molar-refractivity contribution in [2.24, 2.45) is 0 Å². The molecule has 0 aromatic carbocycles. The summed E-state index contributed by atoms with van der Waals surface area (Å²) in [5.41, 5.74) is 0. The molecular weight excluding hydrogens is 294 g/mol. The minimum Gasteiger partial charge on any atom is -0.463 e. The average Bonchev–Trinajstić information content (AvgIpc) is 2.38. The van der Waals surface area contributed by atoms with Crippen molar-refractivity contribution >= 4 is 17.8 Å². The van der Waals surface area contributed by atoms with Crippen LogP contribution in [0.15, 0.2) is 0 Å². The Morgan fingerprint density at radius 2 is 1.86 bits per heavy atom. The number of amides is 1. The Kier molecular flexibility index (Phi) is 7.26. The van der Waals surface area contributed by atoms with Crippen LogP contribution in [-0.2, 0) is 33.3 Å². The first-order valence-electron chi connectivity index (χ1n) is 7.18. The van der Waals surface area contributed by atoms with E-state index in [2.05, 4.69) is 5.32 Å². The van der Waals surface area contributed by atoms with Crippen LogP contribution < -0.4 is 5.32 Å². The Morgan fingerprint density at radius 3 is 2.36 bits per heavy atom. The molecule has 0 aromatic heterocycles. The Labute approximate surface area is 129 Å². The molecule has 1 saturated heterocycles. The molecule has 22 heavy (non-hydrogen) atoms. The second kappa shape index (κ2) is 8.70. The first-order valence-corrected chi connectivity index (χ1v) is 7.18. The molecule has 126 valence electrons. The van der Waals surface area contributed by atoms with Gasteiger partial charge in [-0.3, -0.25) is 14.4 Å². The van der Waals surface area contributed by atoms with Crippen LogP contribution >= 0.6 is 0 Å². The molecule has 4 atom stereocenters. The molecular formula is C14H23NO7. The molecule has 1 N–H and O–H groups in total. The van der Waals surface area contributed by atoms with Gasteiger partial charge in [0.2, 0.25) is 5.91 Å². The molecule has 0 aromatic rings. The molecule has 0 aliphatic carbocycles. The largest absolute Gasteiger partial charge is 0.463 e. The molecule has 8 heteroatoms. The Balaban J connectivity index is 2.82. The molecule has 0 radical (unpaired) electrons. The predicted molar refractivity (Wildman–Crippen MR) is 74.7 cm³/mol. The summed E-state index contributed by atoms with van der Waals surface area (Å²) in [6, 6.07) is -0.449. The maximum absolute atomic E-state index is 11.3. The van der Waals surface area contributed by atoms with E-state index in [4.69, 9.17) is 18.9 Å². The van der Waals surface area contributed by atoms with Crippen LogP contribution in [0.2, 0.25) is 0 Å². The van der Waals surface area contributed by atoms with Gasteiger partial charge in [-0.25, -0.2) is 0 Å². The minimum absolute atomic E-state index is 0.0519. The third kappa shape index (κ3) is 5.98. The summed E-state index contributed by atoms with van der Waals surface area (Å²) in [4.78, 5) is 33.5. The summed E-state index contributed by atoms with van der Waals surface area (Å²) in [6.07, 6.45) is -1.66. The number of esters is 2. The van der Waals surface area contributed by atoms with Crippen molar-refractivity contribution in [1.29, 1.82) is 0 Å². The van der Waals surface area contributed by atoms with E-state index >= 15 is 0 Å². The van der Waals surface area contributed by atoms with Gasteiger partial charge in [0.15, 0.2) is 6.29 Å². The SMILES string of the molecule is CCO[C@@H]1OC(COC(C)=O)[C@H](OC(C)=O)CC1NC(C)=O. The lowest BCUT2D eigenvalue weighted by molar-refractivity contribution is -0.246. The number of hydrogen-bond donors (Lipinski definition) is 1. The second-order valence-electron chi connectivity index (χ2n) is 4.99. The number of nitrogens with one attached hydrogen (secondary N) is 1. The van der Waals surface area contributed by atoms with Gasteiger partial charge in [-0.05, 0) is 6.92 Å². The van der Waals surface area contributed by atoms with Gasteiger partial charge in [0.05, 0.1) is 6.04 Å². The Morgan fingerprint density at radius 1 is 1.18 bits per heavy atom. The van der Waals surface area contributed by atoms with E-state index in [1.165, 1.54) is 20.8 Å². The van der Waals surface area contributed by atoms with Gasteiger partial charge in [-0.1, -0.05) is 0 Å². The first kappa shape index (κ1) is 18.4. The topological polar surface area (TPSA) is 100 Å². The van der Waals surface area contributed by atoms with Gasteiger partial charge in [-0.2, -0.15) is 0 Å². The normalized spacial score (nSPS) is 27.8. The Bertz CT molecular complexity index is 412. The summed E-state index contributed by atoms with van der Waals surface area (Å²) < 4.78 is 21.3. The number of carbonyl (C=O) groups excluding carboxylic acids is 3. The van der Waals surface area contributed by atoms with Crippen LogP contribution in [0.4, 0.5) is 0 Å².